The first-order valence-electron chi connectivity index (χ1n) is 7.48. The van der Waals surface area contributed by atoms with Crippen molar-refractivity contribution in [2.45, 2.75) is 31.8 Å². The van der Waals surface area contributed by atoms with Crippen LogP contribution in [0.25, 0.3) is 0 Å². The Kier molecular flexibility index (Phi) is 3.10. The van der Waals surface area contributed by atoms with E-state index < -0.39 is 0 Å². The molecule has 2 aliphatic heterocycles. The molecule has 0 saturated carbocycles. The molecule has 4 rings (SSSR count). The highest BCUT2D eigenvalue weighted by Crippen LogP contribution is 2.25. The number of fused-ring (bicyclic) bond motifs is 2. The van der Waals surface area contributed by atoms with Crippen molar-refractivity contribution in [2.75, 3.05) is 6.61 Å². The van der Waals surface area contributed by atoms with Crippen molar-refractivity contribution >= 4 is 5.91 Å². The number of nitrogens with zero attached hydrogens (tertiary/aromatic N) is 2. The van der Waals surface area contributed by atoms with Crippen molar-refractivity contribution in [3.63, 3.8) is 0 Å². The first kappa shape index (κ1) is 13.3. The number of ether oxygens (including phenoxy) is 1. The van der Waals surface area contributed by atoms with Crippen molar-refractivity contribution in [1.29, 1.82) is 0 Å². The summed E-state index contributed by atoms with van der Waals surface area (Å²) in [5.74, 6) is 0.197. The Hall–Kier alpha value is -2.37. The topological polar surface area (TPSA) is 56.1 Å². The van der Waals surface area contributed by atoms with Crippen molar-refractivity contribution in [1.82, 2.24) is 15.1 Å². The maximum absolute atomic E-state index is 13.3. The van der Waals surface area contributed by atoms with Crippen LogP contribution < -0.4 is 10.1 Å². The predicted octanol–water partition coefficient (Wildman–Crippen LogP) is 1.70. The SMILES string of the molecule is O=C(NC1COc2ccc(F)cc2C1)c1cc2n(n1)CCC2. The molecule has 22 heavy (non-hydrogen) atoms. The minimum atomic E-state index is -0.292. The highest BCUT2D eigenvalue weighted by Gasteiger charge is 2.24. The summed E-state index contributed by atoms with van der Waals surface area (Å²) >= 11 is 0. The van der Waals surface area contributed by atoms with Crippen molar-refractivity contribution in [3.8, 4) is 5.75 Å². The van der Waals surface area contributed by atoms with Gasteiger partial charge in [0.1, 0.15) is 23.9 Å². The summed E-state index contributed by atoms with van der Waals surface area (Å²) < 4.78 is 20.8. The van der Waals surface area contributed by atoms with E-state index in [1.54, 1.807) is 6.07 Å². The van der Waals surface area contributed by atoms with Gasteiger partial charge in [0.25, 0.3) is 5.91 Å². The number of amides is 1. The molecule has 0 aliphatic carbocycles. The van der Waals surface area contributed by atoms with E-state index in [1.165, 1.54) is 12.1 Å². The smallest absolute Gasteiger partial charge is 0.272 e. The fourth-order valence-electron chi connectivity index (χ4n) is 3.09. The molecule has 1 atom stereocenters. The first-order chi connectivity index (χ1) is 10.7. The van der Waals surface area contributed by atoms with E-state index in [1.807, 2.05) is 10.7 Å². The molecule has 2 aliphatic rings. The molecule has 0 radical (unpaired) electrons. The van der Waals surface area contributed by atoms with Crippen LogP contribution >= 0.6 is 0 Å². The van der Waals surface area contributed by atoms with Crippen LogP contribution in [-0.4, -0.2) is 28.3 Å². The molecule has 2 aromatic rings. The number of rotatable bonds is 2. The van der Waals surface area contributed by atoms with E-state index in [0.29, 0.717) is 24.5 Å². The number of carbonyl (C=O) groups excluding carboxylic acids is 1. The standard InChI is InChI=1S/C16H16FN3O2/c17-11-3-4-15-10(6-11)7-12(9-22-15)18-16(21)14-8-13-2-1-5-20(13)19-14/h3-4,6,8,12H,1-2,5,7,9H2,(H,18,21). The van der Waals surface area contributed by atoms with E-state index in [2.05, 4.69) is 10.4 Å². The van der Waals surface area contributed by atoms with Gasteiger partial charge in [0.15, 0.2) is 0 Å². The average Bonchev–Trinajstić information content (AvgIpc) is 3.08. The molecular weight excluding hydrogens is 285 g/mol. The average molecular weight is 301 g/mol. The molecule has 1 amide bonds. The van der Waals surface area contributed by atoms with Crippen LogP contribution in [0.4, 0.5) is 4.39 Å². The van der Waals surface area contributed by atoms with Gasteiger partial charge in [-0.25, -0.2) is 4.39 Å². The Morgan fingerprint density at radius 2 is 2.32 bits per heavy atom. The zero-order chi connectivity index (χ0) is 15.1. The largest absolute Gasteiger partial charge is 0.491 e. The van der Waals surface area contributed by atoms with Gasteiger partial charge in [-0.15, -0.1) is 0 Å². The maximum Gasteiger partial charge on any atom is 0.272 e. The minimum absolute atomic E-state index is 0.168. The number of benzene rings is 1. The molecular formula is C16H16FN3O2. The van der Waals surface area contributed by atoms with Crippen LogP contribution in [0, 0.1) is 5.82 Å². The molecule has 114 valence electrons. The van der Waals surface area contributed by atoms with Crippen LogP contribution in [0.5, 0.6) is 5.75 Å². The van der Waals surface area contributed by atoms with E-state index in [9.17, 15) is 9.18 Å². The third-order valence-corrected chi connectivity index (χ3v) is 4.16. The number of aryl methyl sites for hydroxylation is 2. The zero-order valence-electron chi connectivity index (χ0n) is 12.0. The lowest BCUT2D eigenvalue weighted by molar-refractivity contribution is 0.0909. The maximum atomic E-state index is 13.3. The number of halogens is 1. The Balaban J connectivity index is 1.46. The zero-order valence-corrected chi connectivity index (χ0v) is 12.0. The minimum Gasteiger partial charge on any atom is -0.491 e. The molecule has 1 unspecified atom stereocenters. The van der Waals surface area contributed by atoms with Crippen molar-refractivity contribution < 1.29 is 13.9 Å². The summed E-state index contributed by atoms with van der Waals surface area (Å²) in [6.07, 6.45) is 2.62. The summed E-state index contributed by atoms with van der Waals surface area (Å²) in [6, 6.07) is 6.14. The lowest BCUT2D eigenvalue weighted by Gasteiger charge is -2.25. The van der Waals surface area contributed by atoms with Gasteiger partial charge in [0, 0.05) is 12.2 Å². The molecule has 1 aromatic heterocycles. The van der Waals surface area contributed by atoms with Gasteiger partial charge in [0.05, 0.1) is 6.04 Å². The molecule has 5 nitrogen and oxygen atoms in total. The van der Waals surface area contributed by atoms with Gasteiger partial charge in [-0.05, 0) is 49.1 Å². The van der Waals surface area contributed by atoms with Gasteiger partial charge in [-0.3, -0.25) is 9.48 Å². The molecule has 1 N–H and O–H groups in total. The normalized spacial score (nSPS) is 19.2. The number of hydrogen-bond acceptors (Lipinski definition) is 3. The van der Waals surface area contributed by atoms with Crippen LogP contribution in [0.1, 0.15) is 28.2 Å². The van der Waals surface area contributed by atoms with Crippen LogP contribution in [0.3, 0.4) is 0 Å². The third kappa shape index (κ3) is 2.34. The number of hydrogen-bond donors (Lipinski definition) is 1. The summed E-state index contributed by atoms with van der Waals surface area (Å²) in [5.41, 5.74) is 2.33. The summed E-state index contributed by atoms with van der Waals surface area (Å²) in [7, 11) is 0. The monoisotopic (exact) mass is 301 g/mol. The Morgan fingerprint density at radius 3 is 3.18 bits per heavy atom. The van der Waals surface area contributed by atoms with Crippen molar-refractivity contribution in [3.05, 3.63) is 47.0 Å². The lowest BCUT2D eigenvalue weighted by atomic mass is 10.0. The third-order valence-electron chi connectivity index (χ3n) is 4.16. The van der Waals surface area contributed by atoms with E-state index in [4.69, 9.17) is 4.74 Å². The molecule has 1 aromatic carbocycles. The van der Waals surface area contributed by atoms with E-state index in [-0.39, 0.29) is 17.8 Å². The van der Waals surface area contributed by atoms with Gasteiger partial charge in [0.2, 0.25) is 0 Å². The van der Waals surface area contributed by atoms with Gasteiger partial charge < -0.3 is 10.1 Å². The lowest BCUT2D eigenvalue weighted by Crippen LogP contribution is -2.42. The highest BCUT2D eigenvalue weighted by molar-refractivity contribution is 5.92. The summed E-state index contributed by atoms with van der Waals surface area (Å²) in [4.78, 5) is 12.3. The quantitative estimate of drug-likeness (QED) is 0.918. The van der Waals surface area contributed by atoms with Crippen LogP contribution in [0.2, 0.25) is 0 Å². The van der Waals surface area contributed by atoms with Crippen LogP contribution in [-0.2, 0) is 19.4 Å². The molecule has 3 heterocycles. The number of aromatic nitrogens is 2. The van der Waals surface area contributed by atoms with Gasteiger partial charge >= 0.3 is 0 Å². The highest BCUT2D eigenvalue weighted by atomic mass is 19.1. The molecule has 0 fully saturated rings. The van der Waals surface area contributed by atoms with E-state index in [0.717, 1.165) is 30.6 Å². The Labute approximate surface area is 127 Å². The molecule has 0 bridgehead atoms. The molecule has 0 saturated heterocycles. The fourth-order valence-corrected chi connectivity index (χ4v) is 3.09. The molecule has 0 spiro atoms. The summed E-state index contributed by atoms with van der Waals surface area (Å²) in [5, 5.41) is 7.24. The number of nitrogens with one attached hydrogen (secondary N) is 1. The summed E-state index contributed by atoms with van der Waals surface area (Å²) in [6.45, 7) is 1.26. The second-order valence-electron chi connectivity index (χ2n) is 5.79. The second kappa shape index (κ2) is 5.12. The van der Waals surface area contributed by atoms with Gasteiger partial charge in [-0.1, -0.05) is 0 Å². The fraction of sp³-hybridized carbons (Fsp3) is 0.375. The van der Waals surface area contributed by atoms with Crippen molar-refractivity contribution in [2.24, 2.45) is 0 Å². The molecule has 6 heteroatoms. The Morgan fingerprint density at radius 1 is 1.41 bits per heavy atom. The van der Waals surface area contributed by atoms with E-state index >= 15 is 0 Å². The predicted molar refractivity (Wildman–Crippen MR) is 77.4 cm³/mol. The number of carbonyl (C=O) groups is 1. The van der Waals surface area contributed by atoms with Crippen LogP contribution in [0.15, 0.2) is 24.3 Å². The van der Waals surface area contributed by atoms with Gasteiger partial charge in [-0.2, -0.15) is 5.10 Å². The first-order valence-corrected chi connectivity index (χ1v) is 7.48. The second-order valence-corrected chi connectivity index (χ2v) is 5.79. The Bertz CT molecular complexity index is 719.